The number of rotatable bonds is 3. The highest BCUT2D eigenvalue weighted by Gasteiger charge is 2.28. The van der Waals surface area contributed by atoms with Crippen LogP contribution in [-0.2, 0) is 11.8 Å². The van der Waals surface area contributed by atoms with E-state index >= 15 is 0 Å². The number of aromatic nitrogens is 1. The van der Waals surface area contributed by atoms with Gasteiger partial charge in [0.2, 0.25) is 5.91 Å². The summed E-state index contributed by atoms with van der Waals surface area (Å²) in [6.45, 7) is 1.50. The molecular weight excluding hydrogens is 372 g/mol. The van der Waals surface area contributed by atoms with Crippen molar-refractivity contribution in [2.24, 2.45) is 7.05 Å². The van der Waals surface area contributed by atoms with Crippen LogP contribution in [0.1, 0.15) is 11.6 Å². The Labute approximate surface area is 148 Å². The smallest absolute Gasteiger partial charge is 0.274 e. The van der Waals surface area contributed by atoms with Gasteiger partial charge in [-0.1, -0.05) is 12.1 Å². The minimum absolute atomic E-state index is 0.0188. The summed E-state index contributed by atoms with van der Waals surface area (Å²) in [6.07, 6.45) is 1.72. The standard InChI is InChI=1S/C17H19BrN4O2/c1-21-8-7-19-16(23)15(21)11-3-5-13(6-4-11)20-14-9-12(18)10-22(2)17(14)24/h3-6,9-10,15,20H,7-8H2,1-2H3,(H,19,23). The number of pyridine rings is 1. The van der Waals surface area contributed by atoms with E-state index in [9.17, 15) is 9.59 Å². The van der Waals surface area contributed by atoms with Crippen LogP contribution < -0.4 is 16.2 Å². The van der Waals surface area contributed by atoms with Crippen LogP contribution in [0.2, 0.25) is 0 Å². The summed E-state index contributed by atoms with van der Waals surface area (Å²) in [6, 6.07) is 9.06. The molecule has 1 amide bonds. The number of amides is 1. The summed E-state index contributed by atoms with van der Waals surface area (Å²) < 4.78 is 2.34. The van der Waals surface area contributed by atoms with Crippen molar-refractivity contribution in [3.63, 3.8) is 0 Å². The fourth-order valence-corrected chi connectivity index (χ4v) is 3.39. The molecule has 2 N–H and O–H groups in total. The van der Waals surface area contributed by atoms with Crippen LogP contribution in [0.3, 0.4) is 0 Å². The molecule has 1 unspecified atom stereocenters. The van der Waals surface area contributed by atoms with Gasteiger partial charge in [-0.05, 0) is 46.7 Å². The fraction of sp³-hybridized carbons (Fsp3) is 0.294. The zero-order valence-electron chi connectivity index (χ0n) is 13.5. The van der Waals surface area contributed by atoms with Crippen molar-refractivity contribution in [1.29, 1.82) is 0 Å². The molecule has 1 saturated heterocycles. The molecule has 0 saturated carbocycles. The van der Waals surface area contributed by atoms with Crippen LogP contribution >= 0.6 is 15.9 Å². The third kappa shape index (κ3) is 3.37. The van der Waals surface area contributed by atoms with Crippen molar-refractivity contribution < 1.29 is 4.79 Å². The number of hydrogen-bond acceptors (Lipinski definition) is 4. The Kier molecular flexibility index (Phi) is 4.73. The highest BCUT2D eigenvalue weighted by molar-refractivity contribution is 9.10. The van der Waals surface area contributed by atoms with Crippen molar-refractivity contribution >= 4 is 33.2 Å². The molecule has 0 aliphatic carbocycles. The van der Waals surface area contributed by atoms with Crippen molar-refractivity contribution in [2.75, 3.05) is 25.5 Å². The van der Waals surface area contributed by atoms with E-state index in [0.717, 1.165) is 22.3 Å². The predicted octanol–water partition coefficient (Wildman–Crippen LogP) is 1.99. The monoisotopic (exact) mass is 390 g/mol. The fourth-order valence-electron chi connectivity index (χ4n) is 2.85. The second kappa shape index (κ2) is 6.78. The molecule has 1 aromatic carbocycles. The van der Waals surface area contributed by atoms with Crippen molar-refractivity contribution in [1.82, 2.24) is 14.8 Å². The molecule has 1 atom stereocenters. The number of halogens is 1. The molecule has 1 aliphatic rings. The highest BCUT2D eigenvalue weighted by Crippen LogP contribution is 2.24. The molecule has 0 bridgehead atoms. The summed E-state index contributed by atoms with van der Waals surface area (Å²) >= 11 is 3.39. The second-order valence-electron chi connectivity index (χ2n) is 5.91. The number of nitrogens with one attached hydrogen (secondary N) is 2. The first kappa shape index (κ1) is 16.7. The zero-order chi connectivity index (χ0) is 17.3. The Morgan fingerprint density at radius 3 is 2.58 bits per heavy atom. The van der Waals surface area contributed by atoms with Gasteiger partial charge in [-0.25, -0.2) is 0 Å². The van der Waals surface area contributed by atoms with Gasteiger partial charge in [0.25, 0.3) is 5.56 Å². The van der Waals surface area contributed by atoms with E-state index in [-0.39, 0.29) is 17.5 Å². The number of benzene rings is 1. The van der Waals surface area contributed by atoms with Crippen LogP contribution in [0.4, 0.5) is 11.4 Å². The molecule has 7 heteroatoms. The number of carbonyl (C=O) groups excluding carboxylic acids is 1. The second-order valence-corrected chi connectivity index (χ2v) is 6.82. The van der Waals surface area contributed by atoms with Crippen LogP contribution in [0.15, 0.2) is 45.8 Å². The molecular formula is C17H19BrN4O2. The molecule has 2 aromatic rings. The van der Waals surface area contributed by atoms with Crippen LogP contribution in [0.25, 0.3) is 0 Å². The van der Waals surface area contributed by atoms with E-state index in [1.807, 2.05) is 36.2 Å². The SMILES string of the molecule is CN1CCNC(=O)C1c1ccc(Nc2cc(Br)cn(C)c2=O)cc1. The molecule has 0 spiro atoms. The highest BCUT2D eigenvalue weighted by atomic mass is 79.9. The van der Waals surface area contributed by atoms with Gasteiger partial charge in [0.15, 0.2) is 0 Å². The van der Waals surface area contributed by atoms with Gasteiger partial charge in [-0.3, -0.25) is 14.5 Å². The molecule has 6 nitrogen and oxygen atoms in total. The average molecular weight is 391 g/mol. The average Bonchev–Trinajstić information content (AvgIpc) is 2.53. The largest absolute Gasteiger partial charge is 0.353 e. The lowest BCUT2D eigenvalue weighted by atomic mass is 10.0. The Balaban J connectivity index is 1.83. The number of piperazine rings is 1. The normalized spacial score (nSPS) is 18.3. The van der Waals surface area contributed by atoms with Gasteiger partial charge in [0.05, 0.1) is 0 Å². The first-order chi connectivity index (χ1) is 11.5. The molecule has 3 rings (SSSR count). The Morgan fingerprint density at radius 1 is 1.21 bits per heavy atom. The quantitative estimate of drug-likeness (QED) is 0.840. The number of nitrogens with zero attached hydrogens (tertiary/aromatic N) is 2. The van der Waals surface area contributed by atoms with Crippen LogP contribution in [0, 0.1) is 0 Å². The number of carbonyl (C=O) groups is 1. The van der Waals surface area contributed by atoms with Gasteiger partial charge >= 0.3 is 0 Å². The first-order valence-electron chi connectivity index (χ1n) is 7.67. The van der Waals surface area contributed by atoms with E-state index in [1.54, 1.807) is 19.3 Å². The molecule has 24 heavy (non-hydrogen) atoms. The number of likely N-dealkylation sites (N-methyl/N-ethyl adjacent to an activating group) is 1. The van der Waals surface area contributed by atoms with E-state index in [2.05, 4.69) is 26.6 Å². The van der Waals surface area contributed by atoms with Crippen molar-refractivity contribution in [3.8, 4) is 0 Å². The summed E-state index contributed by atoms with van der Waals surface area (Å²) in [7, 11) is 3.65. The lowest BCUT2D eigenvalue weighted by Gasteiger charge is -2.32. The molecule has 1 aliphatic heterocycles. The maximum atomic E-state index is 12.1. The number of hydrogen-bond donors (Lipinski definition) is 2. The maximum Gasteiger partial charge on any atom is 0.274 e. The lowest BCUT2D eigenvalue weighted by Crippen LogP contribution is -2.48. The van der Waals surface area contributed by atoms with Gasteiger partial charge in [0.1, 0.15) is 11.7 Å². The number of aryl methyl sites for hydroxylation is 1. The molecule has 2 heterocycles. The number of anilines is 2. The summed E-state index contributed by atoms with van der Waals surface area (Å²) in [4.78, 5) is 26.3. The van der Waals surface area contributed by atoms with E-state index < -0.39 is 0 Å². The van der Waals surface area contributed by atoms with Gasteiger partial charge in [0, 0.05) is 36.5 Å². The Hall–Kier alpha value is -2.12. The summed E-state index contributed by atoms with van der Waals surface area (Å²) in [5.74, 6) is 0.0188. The summed E-state index contributed by atoms with van der Waals surface area (Å²) in [5.41, 5.74) is 2.12. The van der Waals surface area contributed by atoms with Gasteiger partial charge in [-0.15, -0.1) is 0 Å². The topological polar surface area (TPSA) is 66.4 Å². The van der Waals surface area contributed by atoms with Gasteiger partial charge < -0.3 is 15.2 Å². The third-order valence-electron chi connectivity index (χ3n) is 4.11. The van der Waals surface area contributed by atoms with E-state index in [4.69, 9.17) is 0 Å². The molecule has 1 aromatic heterocycles. The predicted molar refractivity (Wildman–Crippen MR) is 97.5 cm³/mol. The minimum atomic E-state index is -0.272. The Morgan fingerprint density at radius 2 is 1.92 bits per heavy atom. The maximum absolute atomic E-state index is 12.1. The lowest BCUT2D eigenvalue weighted by molar-refractivity contribution is -0.128. The molecule has 126 valence electrons. The third-order valence-corrected chi connectivity index (χ3v) is 4.54. The molecule has 0 radical (unpaired) electrons. The molecule has 1 fully saturated rings. The van der Waals surface area contributed by atoms with Crippen LogP contribution in [-0.4, -0.2) is 35.5 Å². The van der Waals surface area contributed by atoms with E-state index in [0.29, 0.717) is 12.2 Å². The van der Waals surface area contributed by atoms with Gasteiger partial charge in [-0.2, -0.15) is 0 Å². The first-order valence-corrected chi connectivity index (χ1v) is 8.46. The van der Waals surface area contributed by atoms with Crippen LogP contribution in [0.5, 0.6) is 0 Å². The minimum Gasteiger partial charge on any atom is -0.353 e. The van der Waals surface area contributed by atoms with Crippen molar-refractivity contribution in [3.05, 3.63) is 56.9 Å². The summed E-state index contributed by atoms with van der Waals surface area (Å²) in [5, 5.41) is 6.02. The van der Waals surface area contributed by atoms with E-state index in [1.165, 1.54) is 4.57 Å². The van der Waals surface area contributed by atoms with Crippen molar-refractivity contribution in [2.45, 2.75) is 6.04 Å². The Bertz CT molecular complexity index is 816. The zero-order valence-corrected chi connectivity index (χ0v) is 15.1.